The van der Waals surface area contributed by atoms with Gasteiger partial charge in [-0.25, -0.2) is 0 Å². The average Bonchev–Trinajstić information content (AvgIpc) is 2.44. The summed E-state index contributed by atoms with van der Waals surface area (Å²) < 4.78 is 11.6. The Labute approximate surface area is 116 Å². The van der Waals surface area contributed by atoms with E-state index in [2.05, 4.69) is 43.4 Å². The first-order valence-electron chi connectivity index (χ1n) is 7.00. The van der Waals surface area contributed by atoms with Crippen LogP contribution >= 0.6 is 0 Å². The van der Waals surface area contributed by atoms with Crippen LogP contribution in [-0.2, 0) is 15.9 Å². The second-order valence-corrected chi connectivity index (χ2v) is 5.69. The van der Waals surface area contributed by atoms with Crippen molar-refractivity contribution in [2.24, 2.45) is 0 Å². The van der Waals surface area contributed by atoms with Gasteiger partial charge in [0.25, 0.3) is 0 Å². The summed E-state index contributed by atoms with van der Waals surface area (Å²) in [7, 11) is 3.75. The maximum absolute atomic E-state index is 5.98. The Balaban J connectivity index is 2.15. The lowest BCUT2D eigenvalue weighted by Crippen LogP contribution is -2.47. The van der Waals surface area contributed by atoms with E-state index in [1.807, 2.05) is 7.05 Å². The third-order valence-corrected chi connectivity index (χ3v) is 4.26. The van der Waals surface area contributed by atoms with Crippen molar-refractivity contribution in [1.29, 1.82) is 0 Å². The maximum Gasteiger partial charge on any atom is 0.0843 e. The lowest BCUT2D eigenvalue weighted by Gasteiger charge is -2.36. The van der Waals surface area contributed by atoms with E-state index in [4.69, 9.17) is 9.47 Å². The van der Waals surface area contributed by atoms with Crippen LogP contribution < -0.4 is 5.32 Å². The van der Waals surface area contributed by atoms with E-state index in [9.17, 15) is 0 Å². The highest BCUT2D eigenvalue weighted by molar-refractivity contribution is 5.31. The van der Waals surface area contributed by atoms with Crippen LogP contribution in [0.3, 0.4) is 0 Å². The normalized spacial score (nSPS) is 20.9. The molecular formula is C16H25NO2. The lowest BCUT2D eigenvalue weighted by molar-refractivity contribution is -0.0382. The first-order chi connectivity index (χ1) is 9.08. The Kier molecular flexibility index (Phi) is 4.61. The quantitative estimate of drug-likeness (QED) is 0.886. The molecule has 0 spiro atoms. The van der Waals surface area contributed by atoms with Crippen LogP contribution in [0.1, 0.15) is 37.5 Å². The fourth-order valence-corrected chi connectivity index (χ4v) is 2.78. The second-order valence-electron chi connectivity index (χ2n) is 5.69. The fraction of sp³-hybridized carbons (Fsp3) is 0.625. The highest BCUT2D eigenvalue weighted by atomic mass is 16.5. The largest absolute Gasteiger partial charge is 0.377 e. The summed E-state index contributed by atoms with van der Waals surface area (Å²) >= 11 is 0. The Hall–Kier alpha value is -0.900. The van der Waals surface area contributed by atoms with Crippen LogP contribution in [0.5, 0.6) is 0 Å². The molecule has 1 aliphatic heterocycles. The molecule has 0 fully saturated rings. The van der Waals surface area contributed by atoms with Gasteiger partial charge in [-0.05, 0) is 44.9 Å². The third kappa shape index (κ3) is 3.16. The lowest BCUT2D eigenvalue weighted by atomic mass is 9.88. The Morgan fingerprint density at radius 2 is 2.16 bits per heavy atom. The van der Waals surface area contributed by atoms with Crippen molar-refractivity contribution in [3.63, 3.8) is 0 Å². The summed E-state index contributed by atoms with van der Waals surface area (Å²) in [5.74, 6) is 0. The monoisotopic (exact) mass is 263 g/mol. The van der Waals surface area contributed by atoms with Crippen molar-refractivity contribution >= 4 is 0 Å². The summed E-state index contributed by atoms with van der Waals surface area (Å²) in [4.78, 5) is 0. The molecule has 0 saturated carbocycles. The van der Waals surface area contributed by atoms with E-state index >= 15 is 0 Å². The molecule has 106 valence electrons. The highest BCUT2D eigenvalue weighted by Crippen LogP contribution is 2.32. The molecule has 3 heteroatoms. The molecule has 1 N–H and O–H groups in total. The molecule has 0 bridgehead atoms. The standard InChI is InChI=1S/C16H25NO2/c1-16(2,18-4)15(17-3)11-14-13-8-6-5-7-12(13)9-10-19-14/h5-8,14-15,17H,9-11H2,1-4H3. The zero-order chi connectivity index (χ0) is 13.9. The molecule has 0 radical (unpaired) electrons. The first-order valence-corrected chi connectivity index (χ1v) is 7.00. The number of hydrogen-bond donors (Lipinski definition) is 1. The van der Waals surface area contributed by atoms with Crippen LogP contribution in [-0.4, -0.2) is 32.4 Å². The van der Waals surface area contributed by atoms with Crippen molar-refractivity contribution in [1.82, 2.24) is 5.32 Å². The molecule has 0 aromatic heterocycles. The van der Waals surface area contributed by atoms with Gasteiger partial charge in [-0.3, -0.25) is 0 Å². The van der Waals surface area contributed by atoms with Crippen LogP contribution in [0.2, 0.25) is 0 Å². The highest BCUT2D eigenvalue weighted by Gasteiger charge is 2.32. The molecular weight excluding hydrogens is 238 g/mol. The average molecular weight is 263 g/mol. The maximum atomic E-state index is 5.98. The summed E-state index contributed by atoms with van der Waals surface area (Å²) in [6.45, 7) is 5.04. The fourth-order valence-electron chi connectivity index (χ4n) is 2.78. The molecule has 1 aromatic carbocycles. The number of ether oxygens (including phenoxy) is 2. The molecule has 3 nitrogen and oxygen atoms in total. The number of fused-ring (bicyclic) bond motifs is 1. The van der Waals surface area contributed by atoms with Crippen molar-refractivity contribution in [2.75, 3.05) is 20.8 Å². The SMILES string of the molecule is CNC(CC1OCCc2ccccc21)C(C)(C)OC. The van der Waals surface area contributed by atoms with E-state index < -0.39 is 0 Å². The Bertz CT molecular complexity index is 417. The van der Waals surface area contributed by atoms with Gasteiger partial charge in [-0.15, -0.1) is 0 Å². The van der Waals surface area contributed by atoms with Crippen molar-refractivity contribution in [3.05, 3.63) is 35.4 Å². The van der Waals surface area contributed by atoms with Crippen molar-refractivity contribution in [3.8, 4) is 0 Å². The molecule has 1 aromatic rings. The minimum absolute atomic E-state index is 0.164. The number of benzene rings is 1. The molecule has 19 heavy (non-hydrogen) atoms. The van der Waals surface area contributed by atoms with Crippen LogP contribution in [0, 0.1) is 0 Å². The van der Waals surface area contributed by atoms with Gasteiger partial charge < -0.3 is 14.8 Å². The van der Waals surface area contributed by atoms with Crippen LogP contribution in [0.15, 0.2) is 24.3 Å². The van der Waals surface area contributed by atoms with Gasteiger partial charge in [0.2, 0.25) is 0 Å². The molecule has 1 heterocycles. The van der Waals surface area contributed by atoms with E-state index in [1.165, 1.54) is 11.1 Å². The minimum atomic E-state index is -0.204. The van der Waals surface area contributed by atoms with Crippen LogP contribution in [0.25, 0.3) is 0 Å². The number of rotatable bonds is 5. The third-order valence-electron chi connectivity index (χ3n) is 4.26. The summed E-state index contributed by atoms with van der Waals surface area (Å²) in [6, 6.07) is 8.85. The second kappa shape index (κ2) is 6.04. The predicted octanol–water partition coefficient (Wildman–Crippen LogP) is 2.70. The molecule has 0 amide bonds. The summed E-state index contributed by atoms with van der Waals surface area (Å²) in [5.41, 5.74) is 2.55. The zero-order valence-electron chi connectivity index (χ0n) is 12.4. The number of nitrogens with one attached hydrogen (secondary N) is 1. The smallest absolute Gasteiger partial charge is 0.0843 e. The topological polar surface area (TPSA) is 30.5 Å². The van der Waals surface area contributed by atoms with E-state index in [0.29, 0.717) is 0 Å². The summed E-state index contributed by atoms with van der Waals surface area (Å²) in [5, 5.41) is 3.37. The molecule has 2 atom stereocenters. The predicted molar refractivity (Wildman–Crippen MR) is 77.4 cm³/mol. The minimum Gasteiger partial charge on any atom is -0.377 e. The van der Waals surface area contributed by atoms with Gasteiger partial charge in [0, 0.05) is 13.2 Å². The number of hydrogen-bond acceptors (Lipinski definition) is 3. The van der Waals surface area contributed by atoms with Crippen LogP contribution in [0.4, 0.5) is 0 Å². The van der Waals surface area contributed by atoms with Gasteiger partial charge >= 0.3 is 0 Å². The molecule has 2 rings (SSSR count). The molecule has 0 aliphatic carbocycles. The van der Waals surface area contributed by atoms with Gasteiger partial charge in [-0.1, -0.05) is 24.3 Å². The summed E-state index contributed by atoms with van der Waals surface area (Å²) in [6.07, 6.45) is 2.11. The Morgan fingerprint density at radius 3 is 2.84 bits per heavy atom. The molecule has 1 aliphatic rings. The molecule has 2 unspecified atom stereocenters. The van der Waals surface area contributed by atoms with Gasteiger partial charge in [-0.2, -0.15) is 0 Å². The first kappa shape index (κ1) is 14.5. The van der Waals surface area contributed by atoms with E-state index in [0.717, 1.165) is 19.4 Å². The van der Waals surface area contributed by atoms with E-state index in [1.54, 1.807) is 7.11 Å². The van der Waals surface area contributed by atoms with Crippen molar-refractivity contribution < 1.29 is 9.47 Å². The van der Waals surface area contributed by atoms with Crippen molar-refractivity contribution in [2.45, 2.75) is 44.4 Å². The number of methoxy groups -OCH3 is 1. The zero-order valence-corrected chi connectivity index (χ0v) is 12.4. The van der Waals surface area contributed by atoms with E-state index in [-0.39, 0.29) is 17.7 Å². The van der Waals surface area contributed by atoms with Gasteiger partial charge in [0.05, 0.1) is 18.3 Å². The van der Waals surface area contributed by atoms with Gasteiger partial charge in [0.15, 0.2) is 0 Å². The Morgan fingerprint density at radius 1 is 1.42 bits per heavy atom. The molecule has 0 saturated heterocycles. The van der Waals surface area contributed by atoms with Gasteiger partial charge in [0.1, 0.15) is 0 Å². The number of likely N-dealkylation sites (N-methyl/N-ethyl adjacent to an activating group) is 1.